The lowest BCUT2D eigenvalue weighted by Gasteiger charge is -2.21. The summed E-state index contributed by atoms with van der Waals surface area (Å²) < 4.78 is 0. The maximum Gasteiger partial charge on any atom is 0.232 e. The molecule has 0 atom stereocenters. The Morgan fingerprint density at radius 1 is 1.33 bits per heavy atom. The van der Waals surface area contributed by atoms with Crippen LogP contribution >= 0.6 is 12.2 Å². The van der Waals surface area contributed by atoms with Crippen LogP contribution in [0.15, 0.2) is 36.5 Å². The van der Waals surface area contributed by atoms with E-state index in [9.17, 15) is 4.79 Å². The van der Waals surface area contributed by atoms with Gasteiger partial charge >= 0.3 is 0 Å². The number of rotatable bonds is 5. The van der Waals surface area contributed by atoms with E-state index in [-0.39, 0.29) is 10.9 Å². The summed E-state index contributed by atoms with van der Waals surface area (Å²) in [6.07, 6.45) is 2.49. The number of amides is 1. The molecule has 0 bridgehead atoms. The van der Waals surface area contributed by atoms with Crippen LogP contribution in [-0.4, -0.2) is 22.4 Å². The van der Waals surface area contributed by atoms with E-state index in [1.807, 2.05) is 30.3 Å². The lowest BCUT2D eigenvalue weighted by atomic mass is 9.92. The van der Waals surface area contributed by atoms with Crippen molar-refractivity contribution in [1.29, 1.82) is 0 Å². The molecule has 0 aliphatic heterocycles. The molecule has 3 N–H and O–H groups in total. The zero-order valence-electron chi connectivity index (χ0n) is 12.2. The fourth-order valence-electron chi connectivity index (χ4n) is 2.01. The first kappa shape index (κ1) is 15.4. The topological polar surface area (TPSA) is 68.0 Å². The Kier molecular flexibility index (Phi) is 4.53. The largest absolute Gasteiger partial charge is 0.392 e. The monoisotopic (exact) mass is 301 g/mol. The summed E-state index contributed by atoms with van der Waals surface area (Å²) in [6.45, 7) is 3.98. The van der Waals surface area contributed by atoms with Crippen molar-refractivity contribution < 1.29 is 4.79 Å². The van der Waals surface area contributed by atoms with Gasteiger partial charge in [0.25, 0.3) is 0 Å². The number of hydrogen-bond donors (Lipinski definition) is 2. The summed E-state index contributed by atoms with van der Waals surface area (Å²) in [5.41, 5.74) is 6.85. The normalized spacial score (nSPS) is 11.3. The number of nitrogens with two attached hydrogens (primary N) is 1. The maximum absolute atomic E-state index is 12.1. The summed E-state index contributed by atoms with van der Waals surface area (Å²) in [6, 6.07) is 10.00. The number of para-hydroxylation sites is 1. The highest BCUT2D eigenvalue weighted by molar-refractivity contribution is 7.80. The summed E-state index contributed by atoms with van der Waals surface area (Å²) in [4.78, 5) is 16.7. The Hall–Kier alpha value is -2.01. The van der Waals surface area contributed by atoms with E-state index in [4.69, 9.17) is 18.0 Å². The third-order valence-corrected chi connectivity index (χ3v) is 4.09. The molecule has 4 nitrogen and oxygen atoms in total. The van der Waals surface area contributed by atoms with E-state index in [0.29, 0.717) is 13.0 Å². The number of carbonyl (C=O) groups is 1. The molecule has 1 aromatic carbocycles. The molecule has 0 unspecified atom stereocenters. The van der Waals surface area contributed by atoms with Crippen molar-refractivity contribution in [2.24, 2.45) is 11.1 Å². The number of benzene rings is 1. The third-order valence-electron chi connectivity index (χ3n) is 3.58. The lowest BCUT2D eigenvalue weighted by Crippen LogP contribution is -2.45. The zero-order chi connectivity index (χ0) is 15.5. The predicted octanol–water partition coefficient (Wildman–Crippen LogP) is 2.21. The van der Waals surface area contributed by atoms with Crippen molar-refractivity contribution in [3.8, 4) is 0 Å². The first-order valence-electron chi connectivity index (χ1n) is 6.84. The maximum atomic E-state index is 12.1. The molecular weight excluding hydrogens is 282 g/mol. The highest BCUT2D eigenvalue weighted by Crippen LogP contribution is 2.17. The first-order chi connectivity index (χ1) is 9.93. The molecular formula is C16H19N3OS. The number of nitrogens with zero attached hydrogens (tertiary/aromatic N) is 1. The average molecular weight is 301 g/mol. The van der Waals surface area contributed by atoms with Crippen LogP contribution in [0.1, 0.15) is 19.4 Å². The Labute approximate surface area is 129 Å². The van der Waals surface area contributed by atoms with Crippen LogP contribution in [0.25, 0.3) is 10.9 Å². The van der Waals surface area contributed by atoms with Crippen molar-refractivity contribution in [1.82, 2.24) is 10.3 Å². The second kappa shape index (κ2) is 6.18. The van der Waals surface area contributed by atoms with E-state index in [1.165, 1.54) is 0 Å². The summed E-state index contributed by atoms with van der Waals surface area (Å²) in [5.74, 6) is -0.150. The summed E-state index contributed by atoms with van der Waals surface area (Å²) in [7, 11) is 0. The smallest absolute Gasteiger partial charge is 0.232 e. The van der Waals surface area contributed by atoms with Gasteiger partial charge in [-0.05, 0) is 31.9 Å². The average Bonchev–Trinajstić information content (AvgIpc) is 2.47. The number of nitrogens with one attached hydrogen (secondary N) is 1. The van der Waals surface area contributed by atoms with Gasteiger partial charge in [0, 0.05) is 18.1 Å². The van der Waals surface area contributed by atoms with Gasteiger partial charge in [0.2, 0.25) is 5.91 Å². The van der Waals surface area contributed by atoms with Gasteiger partial charge in [-0.2, -0.15) is 0 Å². The van der Waals surface area contributed by atoms with Gasteiger partial charge in [-0.25, -0.2) is 0 Å². The zero-order valence-corrected chi connectivity index (χ0v) is 13.0. The second-order valence-corrected chi connectivity index (χ2v) is 5.93. The fourth-order valence-corrected chi connectivity index (χ4v) is 2.11. The SMILES string of the molecule is CC(C)(C(=O)NCCc1cccc2cccnc12)C(N)=S. The van der Waals surface area contributed by atoms with Crippen molar-refractivity contribution >= 4 is 34.0 Å². The number of fused-ring (bicyclic) bond motifs is 1. The number of pyridine rings is 1. The minimum Gasteiger partial charge on any atom is -0.392 e. The van der Waals surface area contributed by atoms with Crippen LogP contribution in [0.2, 0.25) is 0 Å². The van der Waals surface area contributed by atoms with Gasteiger partial charge in [0.05, 0.1) is 15.9 Å². The van der Waals surface area contributed by atoms with E-state index in [1.54, 1.807) is 20.0 Å². The number of thiocarbonyl (C=S) groups is 1. The highest BCUT2D eigenvalue weighted by Gasteiger charge is 2.30. The predicted molar refractivity (Wildman–Crippen MR) is 89.0 cm³/mol. The Bertz CT molecular complexity index is 677. The number of aromatic nitrogens is 1. The molecule has 0 fully saturated rings. The van der Waals surface area contributed by atoms with Crippen LogP contribution in [0.4, 0.5) is 0 Å². The van der Waals surface area contributed by atoms with Crippen LogP contribution < -0.4 is 11.1 Å². The molecule has 2 aromatic rings. The molecule has 21 heavy (non-hydrogen) atoms. The molecule has 0 aliphatic rings. The van der Waals surface area contributed by atoms with Crippen molar-refractivity contribution in [2.75, 3.05) is 6.54 Å². The molecule has 0 spiro atoms. The molecule has 1 heterocycles. The van der Waals surface area contributed by atoms with Crippen LogP contribution in [-0.2, 0) is 11.2 Å². The van der Waals surface area contributed by atoms with Gasteiger partial charge < -0.3 is 11.1 Å². The molecule has 2 rings (SSSR count). The van der Waals surface area contributed by atoms with Gasteiger partial charge in [-0.3, -0.25) is 9.78 Å². The third kappa shape index (κ3) is 3.36. The highest BCUT2D eigenvalue weighted by atomic mass is 32.1. The van der Waals surface area contributed by atoms with Crippen LogP contribution in [0.3, 0.4) is 0 Å². The first-order valence-corrected chi connectivity index (χ1v) is 7.24. The van der Waals surface area contributed by atoms with Gasteiger partial charge in [-0.1, -0.05) is 36.5 Å². The lowest BCUT2D eigenvalue weighted by molar-refractivity contribution is -0.126. The number of hydrogen-bond acceptors (Lipinski definition) is 3. The van der Waals surface area contributed by atoms with E-state index in [2.05, 4.69) is 10.3 Å². The van der Waals surface area contributed by atoms with Gasteiger partial charge in [0.1, 0.15) is 0 Å². The summed E-state index contributed by atoms with van der Waals surface area (Å²) in [5, 5.41) is 3.98. The Morgan fingerprint density at radius 2 is 2.05 bits per heavy atom. The fraction of sp³-hybridized carbons (Fsp3) is 0.312. The standard InChI is InChI=1S/C16H19N3OS/c1-16(2,14(17)21)15(20)19-10-8-12-6-3-5-11-7-4-9-18-13(11)12/h3-7,9H,8,10H2,1-2H3,(H2,17,21)(H,19,20). The van der Waals surface area contributed by atoms with Crippen molar-refractivity contribution in [2.45, 2.75) is 20.3 Å². The second-order valence-electron chi connectivity index (χ2n) is 5.49. The molecule has 0 radical (unpaired) electrons. The molecule has 110 valence electrons. The quantitative estimate of drug-likeness (QED) is 0.831. The molecule has 1 aromatic heterocycles. The van der Waals surface area contributed by atoms with Crippen molar-refractivity contribution in [3.05, 3.63) is 42.1 Å². The number of carbonyl (C=O) groups excluding carboxylic acids is 1. The minimum absolute atomic E-state index is 0.150. The van der Waals surface area contributed by atoms with E-state index in [0.717, 1.165) is 16.5 Å². The van der Waals surface area contributed by atoms with Crippen LogP contribution in [0.5, 0.6) is 0 Å². The molecule has 1 amide bonds. The van der Waals surface area contributed by atoms with Crippen molar-refractivity contribution in [3.63, 3.8) is 0 Å². The molecule has 0 aliphatic carbocycles. The Balaban J connectivity index is 2.03. The minimum atomic E-state index is -0.827. The van der Waals surface area contributed by atoms with Gasteiger partial charge in [0.15, 0.2) is 0 Å². The van der Waals surface area contributed by atoms with Gasteiger partial charge in [-0.15, -0.1) is 0 Å². The molecule has 0 saturated carbocycles. The van der Waals surface area contributed by atoms with Crippen LogP contribution in [0, 0.1) is 5.41 Å². The van der Waals surface area contributed by atoms with E-state index >= 15 is 0 Å². The summed E-state index contributed by atoms with van der Waals surface area (Å²) >= 11 is 4.92. The van der Waals surface area contributed by atoms with E-state index < -0.39 is 5.41 Å². The molecule has 5 heteroatoms. The Morgan fingerprint density at radius 3 is 2.76 bits per heavy atom. The molecule has 0 saturated heterocycles.